The summed E-state index contributed by atoms with van der Waals surface area (Å²) in [6, 6.07) is 13.4. The van der Waals surface area contributed by atoms with Crippen LogP contribution in [0.25, 0.3) is 0 Å². The van der Waals surface area contributed by atoms with Gasteiger partial charge in [0, 0.05) is 19.0 Å². The van der Waals surface area contributed by atoms with E-state index in [4.69, 9.17) is 0 Å². The van der Waals surface area contributed by atoms with Crippen LogP contribution in [0.5, 0.6) is 0 Å². The number of aryl methyl sites for hydroxylation is 2. The second-order valence-corrected chi connectivity index (χ2v) is 8.41. The Hall–Kier alpha value is -1.91. The van der Waals surface area contributed by atoms with E-state index >= 15 is 0 Å². The SMILES string of the molecule is C=C[C@H]1CN(S(=O)(=O)c2ccc(C)cc2)CCc2cc(C)ccc21. The average Bonchev–Trinajstić information content (AvgIpc) is 2.74. The Morgan fingerprint density at radius 2 is 1.75 bits per heavy atom. The van der Waals surface area contributed by atoms with Crippen molar-refractivity contribution in [3.8, 4) is 0 Å². The number of fused-ring (bicyclic) bond motifs is 1. The topological polar surface area (TPSA) is 37.4 Å². The Bertz CT molecular complexity index is 854. The Balaban J connectivity index is 1.96. The quantitative estimate of drug-likeness (QED) is 0.796. The molecule has 0 saturated heterocycles. The van der Waals surface area contributed by atoms with E-state index in [2.05, 4.69) is 31.7 Å². The van der Waals surface area contributed by atoms with Crippen molar-refractivity contribution in [1.29, 1.82) is 0 Å². The molecule has 24 heavy (non-hydrogen) atoms. The van der Waals surface area contributed by atoms with E-state index in [-0.39, 0.29) is 5.92 Å². The minimum absolute atomic E-state index is 0.0170. The van der Waals surface area contributed by atoms with Crippen molar-refractivity contribution in [2.45, 2.75) is 31.1 Å². The van der Waals surface area contributed by atoms with E-state index in [9.17, 15) is 8.42 Å². The summed E-state index contributed by atoms with van der Waals surface area (Å²) in [6.45, 7) is 8.88. The van der Waals surface area contributed by atoms with Gasteiger partial charge in [-0.2, -0.15) is 4.31 Å². The van der Waals surface area contributed by atoms with E-state index in [1.54, 1.807) is 16.4 Å². The predicted octanol–water partition coefficient (Wildman–Crippen LogP) is 3.82. The molecular formula is C20H23NO2S. The largest absolute Gasteiger partial charge is 0.243 e. The third-order valence-electron chi connectivity index (χ3n) is 4.67. The zero-order chi connectivity index (χ0) is 17.3. The summed E-state index contributed by atoms with van der Waals surface area (Å²) in [5.74, 6) is 0.0170. The van der Waals surface area contributed by atoms with Crippen LogP contribution < -0.4 is 0 Å². The first-order valence-corrected chi connectivity index (χ1v) is 9.64. The van der Waals surface area contributed by atoms with Crippen molar-refractivity contribution in [3.05, 3.63) is 77.4 Å². The van der Waals surface area contributed by atoms with Crippen LogP contribution in [-0.4, -0.2) is 25.8 Å². The number of sulfonamides is 1. The van der Waals surface area contributed by atoms with E-state index in [0.717, 1.165) is 12.0 Å². The van der Waals surface area contributed by atoms with Crippen molar-refractivity contribution >= 4 is 10.0 Å². The van der Waals surface area contributed by atoms with E-state index < -0.39 is 10.0 Å². The molecule has 0 unspecified atom stereocenters. The zero-order valence-corrected chi connectivity index (χ0v) is 15.0. The minimum atomic E-state index is -3.49. The summed E-state index contributed by atoms with van der Waals surface area (Å²) in [4.78, 5) is 0.359. The highest BCUT2D eigenvalue weighted by Gasteiger charge is 2.30. The molecule has 0 radical (unpaired) electrons. The lowest BCUT2D eigenvalue weighted by molar-refractivity contribution is 0.415. The van der Waals surface area contributed by atoms with Gasteiger partial charge in [-0.05, 0) is 43.5 Å². The molecule has 0 N–H and O–H groups in total. The molecule has 1 atom stereocenters. The molecule has 1 aliphatic heterocycles. The molecule has 1 aliphatic rings. The molecule has 2 aromatic carbocycles. The summed E-state index contributed by atoms with van der Waals surface area (Å²) >= 11 is 0. The first kappa shape index (κ1) is 16.9. The van der Waals surface area contributed by atoms with Crippen molar-refractivity contribution in [3.63, 3.8) is 0 Å². The molecule has 0 aliphatic carbocycles. The van der Waals surface area contributed by atoms with Crippen LogP contribution in [0.1, 0.15) is 28.2 Å². The maximum atomic E-state index is 13.0. The van der Waals surface area contributed by atoms with Crippen LogP contribution in [0.4, 0.5) is 0 Å². The highest BCUT2D eigenvalue weighted by molar-refractivity contribution is 7.89. The molecule has 0 spiro atoms. The summed E-state index contributed by atoms with van der Waals surface area (Å²) < 4.78 is 27.6. The van der Waals surface area contributed by atoms with Gasteiger partial charge >= 0.3 is 0 Å². The van der Waals surface area contributed by atoms with Crippen LogP contribution in [0.2, 0.25) is 0 Å². The molecule has 2 aromatic rings. The second kappa shape index (κ2) is 6.54. The molecule has 0 amide bonds. The minimum Gasteiger partial charge on any atom is -0.207 e. The number of hydrogen-bond donors (Lipinski definition) is 0. The van der Waals surface area contributed by atoms with Gasteiger partial charge in [-0.15, -0.1) is 6.58 Å². The van der Waals surface area contributed by atoms with E-state index in [1.807, 2.05) is 25.1 Å². The molecule has 1 heterocycles. The molecule has 3 nitrogen and oxygen atoms in total. The van der Waals surface area contributed by atoms with E-state index in [0.29, 0.717) is 18.0 Å². The smallest absolute Gasteiger partial charge is 0.207 e. The lowest BCUT2D eigenvalue weighted by Gasteiger charge is -2.23. The fraction of sp³-hybridized carbons (Fsp3) is 0.300. The van der Waals surface area contributed by atoms with Gasteiger partial charge in [0.05, 0.1) is 4.90 Å². The zero-order valence-electron chi connectivity index (χ0n) is 14.2. The van der Waals surface area contributed by atoms with Gasteiger partial charge in [0.25, 0.3) is 0 Å². The van der Waals surface area contributed by atoms with Crippen molar-refractivity contribution in [1.82, 2.24) is 4.31 Å². The summed E-state index contributed by atoms with van der Waals surface area (Å²) in [5.41, 5.74) is 4.67. The first-order chi connectivity index (χ1) is 11.4. The molecule has 0 bridgehead atoms. The van der Waals surface area contributed by atoms with Gasteiger partial charge in [-0.1, -0.05) is 47.5 Å². The maximum absolute atomic E-state index is 13.0. The summed E-state index contributed by atoms with van der Waals surface area (Å²) in [7, 11) is -3.49. The van der Waals surface area contributed by atoms with Crippen LogP contribution in [0.3, 0.4) is 0 Å². The number of nitrogens with zero attached hydrogens (tertiary/aromatic N) is 1. The molecule has 4 heteroatoms. The Morgan fingerprint density at radius 3 is 2.42 bits per heavy atom. The first-order valence-electron chi connectivity index (χ1n) is 8.20. The lowest BCUT2D eigenvalue weighted by atomic mass is 9.93. The van der Waals surface area contributed by atoms with Crippen LogP contribution in [0.15, 0.2) is 60.0 Å². The van der Waals surface area contributed by atoms with Crippen LogP contribution in [0, 0.1) is 13.8 Å². The van der Waals surface area contributed by atoms with Gasteiger partial charge in [-0.3, -0.25) is 0 Å². The summed E-state index contributed by atoms with van der Waals surface area (Å²) in [6.07, 6.45) is 2.59. The molecule has 126 valence electrons. The Labute approximate surface area is 144 Å². The van der Waals surface area contributed by atoms with Gasteiger partial charge in [-0.25, -0.2) is 8.42 Å². The molecule has 0 aromatic heterocycles. The summed E-state index contributed by atoms with van der Waals surface area (Å²) in [5, 5.41) is 0. The fourth-order valence-corrected chi connectivity index (χ4v) is 4.71. The average molecular weight is 341 g/mol. The highest BCUT2D eigenvalue weighted by Crippen LogP contribution is 2.30. The fourth-order valence-electron chi connectivity index (χ4n) is 3.25. The molecule has 0 saturated carbocycles. The molecular weight excluding hydrogens is 318 g/mol. The predicted molar refractivity (Wildman–Crippen MR) is 97.8 cm³/mol. The highest BCUT2D eigenvalue weighted by atomic mass is 32.2. The standard InChI is InChI=1S/C20H23NO2S/c1-4-17-14-21(12-11-18-13-16(3)7-10-20(17)18)24(22,23)19-8-5-15(2)6-9-19/h4-10,13,17H,1,11-12,14H2,2-3H3/t17-/m0/s1. The van der Waals surface area contributed by atoms with Gasteiger partial charge in [0.2, 0.25) is 10.0 Å². The third kappa shape index (κ3) is 3.17. The van der Waals surface area contributed by atoms with E-state index in [1.165, 1.54) is 16.7 Å². The molecule has 3 rings (SSSR count). The lowest BCUT2D eigenvalue weighted by Crippen LogP contribution is -2.34. The van der Waals surface area contributed by atoms with Gasteiger partial charge in [0.15, 0.2) is 0 Å². The monoisotopic (exact) mass is 341 g/mol. The number of hydrogen-bond acceptors (Lipinski definition) is 2. The van der Waals surface area contributed by atoms with Crippen molar-refractivity contribution in [2.75, 3.05) is 13.1 Å². The Kier molecular flexibility index (Phi) is 4.61. The van der Waals surface area contributed by atoms with Crippen molar-refractivity contribution < 1.29 is 8.42 Å². The maximum Gasteiger partial charge on any atom is 0.243 e. The second-order valence-electron chi connectivity index (χ2n) is 6.47. The van der Waals surface area contributed by atoms with Crippen LogP contribution in [-0.2, 0) is 16.4 Å². The third-order valence-corrected chi connectivity index (χ3v) is 6.55. The van der Waals surface area contributed by atoms with Gasteiger partial charge in [0.1, 0.15) is 0 Å². The van der Waals surface area contributed by atoms with Crippen LogP contribution >= 0.6 is 0 Å². The van der Waals surface area contributed by atoms with Gasteiger partial charge < -0.3 is 0 Å². The number of benzene rings is 2. The number of rotatable bonds is 3. The Morgan fingerprint density at radius 1 is 1.08 bits per heavy atom. The molecule has 0 fully saturated rings. The normalized spacial score (nSPS) is 18.7. The van der Waals surface area contributed by atoms with Crippen molar-refractivity contribution in [2.24, 2.45) is 0 Å².